The largest absolute Gasteiger partial charge is 0.493 e. The Morgan fingerprint density at radius 3 is 2.60 bits per heavy atom. The highest BCUT2D eigenvalue weighted by atomic mass is 16.5. The molecule has 3 unspecified atom stereocenters. The van der Waals surface area contributed by atoms with Crippen molar-refractivity contribution in [2.45, 2.75) is 31.7 Å². The third-order valence-electron chi connectivity index (χ3n) is 4.23. The maximum atomic E-state index is 6.07. The zero-order chi connectivity index (χ0) is 14.5. The van der Waals surface area contributed by atoms with Gasteiger partial charge in [0.1, 0.15) is 6.61 Å². The van der Waals surface area contributed by atoms with Crippen LogP contribution in [-0.4, -0.2) is 33.5 Å². The molecule has 4 nitrogen and oxygen atoms in total. The summed E-state index contributed by atoms with van der Waals surface area (Å²) < 4.78 is 16.1. The van der Waals surface area contributed by atoms with Gasteiger partial charge in [-0.25, -0.2) is 0 Å². The van der Waals surface area contributed by atoms with E-state index in [-0.39, 0.29) is 0 Å². The average Bonchev–Trinajstić information content (AvgIpc) is 2.45. The smallest absolute Gasteiger partial charge is 0.161 e. The third kappa shape index (κ3) is 3.07. The van der Waals surface area contributed by atoms with Crippen LogP contribution in [0.15, 0.2) is 18.2 Å². The second kappa shape index (κ2) is 6.95. The minimum atomic E-state index is 0.341. The Hall–Kier alpha value is -1.26. The van der Waals surface area contributed by atoms with Crippen LogP contribution in [0.2, 0.25) is 0 Å². The summed E-state index contributed by atoms with van der Waals surface area (Å²) in [7, 11) is 3.33. The molecular weight excluding hydrogens is 254 g/mol. The molecule has 0 aromatic heterocycles. The van der Waals surface area contributed by atoms with Gasteiger partial charge in [0, 0.05) is 13.2 Å². The van der Waals surface area contributed by atoms with E-state index in [1.54, 1.807) is 14.2 Å². The van der Waals surface area contributed by atoms with Gasteiger partial charge in [-0.1, -0.05) is 19.4 Å². The minimum absolute atomic E-state index is 0.341. The number of benzene rings is 1. The van der Waals surface area contributed by atoms with Crippen molar-refractivity contribution in [1.82, 2.24) is 0 Å². The first-order valence-corrected chi connectivity index (χ1v) is 7.26. The lowest BCUT2D eigenvalue weighted by Crippen LogP contribution is -2.45. The molecule has 112 valence electrons. The predicted molar refractivity (Wildman–Crippen MR) is 79.5 cm³/mol. The molecule has 3 atom stereocenters. The number of hydrogen-bond acceptors (Lipinski definition) is 4. The van der Waals surface area contributed by atoms with Crippen LogP contribution >= 0.6 is 0 Å². The standard InChI is InChI=1S/C16H25NO3/c1-4-12-13(10-14(12)17)11-5-6-15(16(9-11)19-3)20-8-7-18-2/h5-6,9,12-14H,4,7-8,10,17H2,1-3H3. The van der Waals surface area contributed by atoms with E-state index >= 15 is 0 Å². The van der Waals surface area contributed by atoms with Crippen LogP contribution in [-0.2, 0) is 4.74 Å². The second-order valence-electron chi connectivity index (χ2n) is 5.33. The Balaban J connectivity index is 2.09. The molecule has 0 heterocycles. The van der Waals surface area contributed by atoms with E-state index in [1.807, 2.05) is 6.07 Å². The van der Waals surface area contributed by atoms with Gasteiger partial charge in [0.15, 0.2) is 11.5 Å². The molecule has 0 spiro atoms. The van der Waals surface area contributed by atoms with Crippen molar-refractivity contribution in [3.63, 3.8) is 0 Å². The second-order valence-corrected chi connectivity index (χ2v) is 5.33. The minimum Gasteiger partial charge on any atom is -0.493 e. The van der Waals surface area contributed by atoms with E-state index in [4.69, 9.17) is 19.9 Å². The lowest BCUT2D eigenvalue weighted by atomic mass is 9.65. The van der Waals surface area contributed by atoms with Crippen molar-refractivity contribution in [3.05, 3.63) is 23.8 Å². The lowest BCUT2D eigenvalue weighted by Gasteiger charge is -2.43. The first-order chi connectivity index (χ1) is 9.71. The highest BCUT2D eigenvalue weighted by Gasteiger charge is 2.38. The molecule has 1 fully saturated rings. The van der Waals surface area contributed by atoms with Crippen LogP contribution in [0.25, 0.3) is 0 Å². The van der Waals surface area contributed by atoms with Crippen LogP contribution in [0.3, 0.4) is 0 Å². The van der Waals surface area contributed by atoms with Gasteiger partial charge in [-0.3, -0.25) is 0 Å². The van der Waals surface area contributed by atoms with Crippen molar-refractivity contribution in [1.29, 1.82) is 0 Å². The van der Waals surface area contributed by atoms with Crippen molar-refractivity contribution in [2.75, 3.05) is 27.4 Å². The van der Waals surface area contributed by atoms with Gasteiger partial charge in [-0.15, -0.1) is 0 Å². The zero-order valence-corrected chi connectivity index (χ0v) is 12.6. The number of methoxy groups -OCH3 is 2. The summed E-state index contributed by atoms with van der Waals surface area (Å²) in [5.74, 6) is 2.69. The maximum Gasteiger partial charge on any atom is 0.161 e. The van der Waals surface area contributed by atoms with E-state index in [0.29, 0.717) is 31.1 Å². The average molecular weight is 279 g/mol. The molecule has 0 amide bonds. The molecule has 1 aliphatic rings. The summed E-state index contributed by atoms with van der Waals surface area (Å²) in [5, 5.41) is 0. The Kier molecular flexibility index (Phi) is 5.26. The number of ether oxygens (including phenoxy) is 3. The fourth-order valence-electron chi connectivity index (χ4n) is 2.98. The molecule has 0 bridgehead atoms. The van der Waals surface area contributed by atoms with Crippen molar-refractivity contribution >= 4 is 0 Å². The molecule has 4 heteroatoms. The zero-order valence-electron chi connectivity index (χ0n) is 12.6. The number of hydrogen-bond donors (Lipinski definition) is 1. The normalized spacial score (nSPS) is 25.1. The monoisotopic (exact) mass is 279 g/mol. The van der Waals surface area contributed by atoms with Gasteiger partial charge in [-0.05, 0) is 36.0 Å². The SMILES string of the molecule is CCC1C(N)CC1c1ccc(OCCOC)c(OC)c1. The summed E-state index contributed by atoms with van der Waals surface area (Å²) in [5.41, 5.74) is 7.37. The summed E-state index contributed by atoms with van der Waals surface area (Å²) in [6.07, 6.45) is 2.19. The summed E-state index contributed by atoms with van der Waals surface area (Å²) in [6, 6.07) is 6.54. The van der Waals surface area contributed by atoms with Crippen molar-refractivity contribution < 1.29 is 14.2 Å². The van der Waals surface area contributed by atoms with E-state index in [9.17, 15) is 0 Å². The number of rotatable bonds is 7. The summed E-state index contributed by atoms with van der Waals surface area (Å²) in [6.45, 7) is 3.30. The van der Waals surface area contributed by atoms with Gasteiger partial charge in [0.2, 0.25) is 0 Å². The van der Waals surface area contributed by atoms with Crippen molar-refractivity contribution in [3.8, 4) is 11.5 Å². The molecule has 1 aromatic carbocycles. The molecule has 1 aliphatic carbocycles. The van der Waals surface area contributed by atoms with E-state index in [0.717, 1.165) is 24.3 Å². The Bertz CT molecular complexity index is 436. The van der Waals surface area contributed by atoms with Crippen LogP contribution in [0.1, 0.15) is 31.2 Å². The molecule has 0 aliphatic heterocycles. The van der Waals surface area contributed by atoms with Gasteiger partial charge in [0.25, 0.3) is 0 Å². The third-order valence-corrected chi connectivity index (χ3v) is 4.23. The summed E-state index contributed by atoms with van der Waals surface area (Å²) in [4.78, 5) is 0. The van der Waals surface area contributed by atoms with Crippen LogP contribution < -0.4 is 15.2 Å². The van der Waals surface area contributed by atoms with Crippen LogP contribution in [0, 0.1) is 5.92 Å². The van der Waals surface area contributed by atoms with Gasteiger partial charge in [0.05, 0.1) is 13.7 Å². The topological polar surface area (TPSA) is 53.7 Å². The number of nitrogens with two attached hydrogens (primary N) is 1. The molecule has 2 N–H and O–H groups in total. The van der Waals surface area contributed by atoms with E-state index in [2.05, 4.69) is 19.1 Å². The quantitative estimate of drug-likeness (QED) is 0.779. The molecule has 1 aromatic rings. The van der Waals surface area contributed by atoms with Crippen molar-refractivity contribution in [2.24, 2.45) is 11.7 Å². The first kappa shape index (κ1) is 15.1. The van der Waals surface area contributed by atoms with Gasteiger partial charge >= 0.3 is 0 Å². The van der Waals surface area contributed by atoms with E-state index in [1.165, 1.54) is 5.56 Å². The highest BCUT2D eigenvalue weighted by molar-refractivity contribution is 5.44. The Morgan fingerprint density at radius 1 is 1.20 bits per heavy atom. The first-order valence-electron chi connectivity index (χ1n) is 7.26. The van der Waals surface area contributed by atoms with E-state index < -0.39 is 0 Å². The Morgan fingerprint density at radius 2 is 2.00 bits per heavy atom. The fraction of sp³-hybridized carbons (Fsp3) is 0.625. The molecule has 20 heavy (non-hydrogen) atoms. The molecule has 2 rings (SSSR count). The maximum absolute atomic E-state index is 6.07. The summed E-state index contributed by atoms with van der Waals surface area (Å²) >= 11 is 0. The van der Waals surface area contributed by atoms with Gasteiger partial charge < -0.3 is 19.9 Å². The predicted octanol–water partition coefficient (Wildman–Crippen LogP) is 2.56. The highest BCUT2D eigenvalue weighted by Crippen LogP contribution is 2.45. The van der Waals surface area contributed by atoms with Gasteiger partial charge in [-0.2, -0.15) is 0 Å². The lowest BCUT2D eigenvalue weighted by molar-refractivity contribution is 0.144. The fourth-order valence-corrected chi connectivity index (χ4v) is 2.98. The molecule has 0 saturated heterocycles. The molecular formula is C16H25NO3. The Labute approximate surface area is 121 Å². The molecule has 0 radical (unpaired) electrons. The van der Waals surface area contributed by atoms with Crippen LogP contribution in [0.4, 0.5) is 0 Å². The molecule has 1 saturated carbocycles. The van der Waals surface area contributed by atoms with Crippen LogP contribution in [0.5, 0.6) is 11.5 Å².